The molecule has 0 aromatic carbocycles. The zero-order chi connectivity index (χ0) is 10.5. The quantitative estimate of drug-likeness (QED) is 0.509. The van der Waals surface area contributed by atoms with Crippen LogP contribution in [0.4, 0.5) is 0 Å². The van der Waals surface area contributed by atoms with E-state index in [2.05, 4.69) is 15.7 Å². The molecule has 2 heterocycles. The van der Waals surface area contributed by atoms with E-state index in [-0.39, 0.29) is 0 Å². The first kappa shape index (κ1) is 11.0. The second-order valence-electron chi connectivity index (χ2n) is 4.79. The van der Waals surface area contributed by atoms with Crippen molar-refractivity contribution in [2.45, 2.75) is 38.1 Å². The Morgan fingerprint density at radius 1 is 1.20 bits per heavy atom. The summed E-state index contributed by atoms with van der Waals surface area (Å²) in [6.45, 7) is 6.46. The predicted octanol–water partition coefficient (Wildman–Crippen LogP) is 1.57. The van der Waals surface area contributed by atoms with Gasteiger partial charge in [-0.3, -0.25) is 4.90 Å². The Kier molecular flexibility index (Phi) is 4.05. The summed E-state index contributed by atoms with van der Waals surface area (Å²) in [7, 11) is 0. The van der Waals surface area contributed by atoms with Gasteiger partial charge >= 0.3 is 0 Å². The summed E-state index contributed by atoms with van der Waals surface area (Å²) in [5.41, 5.74) is 0. The lowest BCUT2D eigenvalue weighted by atomic mass is 10.1. The molecule has 0 aromatic heterocycles. The Labute approximate surface area is 93.6 Å². The Bertz CT molecular complexity index is 231. The highest BCUT2D eigenvalue weighted by Gasteiger charge is 2.29. The van der Waals surface area contributed by atoms with Gasteiger partial charge in [0.15, 0.2) is 0 Å². The molecule has 0 amide bonds. The molecule has 0 radical (unpaired) electrons. The number of nitrogens with zero attached hydrogens (tertiary/aromatic N) is 2. The third-order valence-electron chi connectivity index (χ3n) is 3.72. The number of hydrogen-bond donors (Lipinski definition) is 0. The topological polar surface area (TPSA) is 6.48 Å². The fourth-order valence-electron chi connectivity index (χ4n) is 2.82. The van der Waals surface area contributed by atoms with Crippen LogP contribution in [0.3, 0.4) is 0 Å². The molecule has 84 valence electrons. The van der Waals surface area contributed by atoms with E-state index in [9.17, 15) is 0 Å². The van der Waals surface area contributed by atoms with Crippen molar-refractivity contribution in [1.82, 2.24) is 9.80 Å². The van der Waals surface area contributed by atoms with E-state index < -0.39 is 0 Å². The lowest BCUT2D eigenvalue weighted by Gasteiger charge is -2.37. The van der Waals surface area contributed by atoms with Crippen LogP contribution in [0, 0.1) is 12.3 Å². The smallest absolute Gasteiger partial charge is 0.0224 e. The maximum atomic E-state index is 5.25. The van der Waals surface area contributed by atoms with Gasteiger partial charge in [0.1, 0.15) is 0 Å². The van der Waals surface area contributed by atoms with Gasteiger partial charge in [0, 0.05) is 32.1 Å². The van der Waals surface area contributed by atoms with E-state index >= 15 is 0 Å². The Morgan fingerprint density at radius 3 is 3.00 bits per heavy atom. The summed E-state index contributed by atoms with van der Waals surface area (Å²) < 4.78 is 0. The lowest BCUT2D eigenvalue weighted by molar-refractivity contribution is 0.103. The molecule has 0 N–H and O–H groups in total. The molecule has 0 saturated carbocycles. The van der Waals surface area contributed by atoms with Crippen molar-refractivity contribution in [2.24, 2.45) is 0 Å². The van der Waals surface area contributed by atoms with Crippen molar-refractivity contribution in [3.05, 3.63) is 0 Å². The maximum absolute atomic E-state index is 5.25. The van der Waals surface area contributed by atoms with Crippen LogP contribution in [0.25, 0.3) is 0 Å². The average Bonchev–Trinajstić information content (AvgIpc) is 2.71. The van der Waals surface area contributed by atoms with Crippen molar-refractivity contribution >= 4 is 0 Å². The van der Waals surface area contributed by atoms with E-state index in [0.29, 0.717) is 0 Å². The number of piperazine rings is 1. The second kappa shape index (κ2) is 5.53. The van der Waals surface area contributed by atoms with Gasteiger partial charge in [-0.05, 0) is 38.8 Å². The fraction of sp³-hybridized carbons (Fsp3) is 0.846. The van der Waals surface area contributed by atoms with Gasteiger partial charge in [0.25, 0.3) is 0 Å². The van der Waals surface area contributed by atoms with Gasteiger partial charge in [-0.15, -0.1) is 12.3 Å². The van der Waals surface area contributed by atoms with E-state index in [1.165, 1.54) is 58.4 Å². The highest BCUT2D eigenvalue weighted by molar-refractivity contribution is 4.87. The SMILES string of the molecule is C#CCCCCN1CCN2CCCC2C1. The van der Waals surface area contributed by atoms with Crippen LogP contribution in [0.15, 0.2) is 0 Å². The van der Waals surface area contributed by atoms with Gasteiger partial charge in [-0.25, -0.2) is 0 Å². The summed E-state index contributed by atoms with van der Waals surface area (Å²) >= 11 is 0. The Morgan fingerprint density at radius 2 is 2.13 bits per heavy atom. The van der Waals surface area contributed by atoms with E-state index in [1.54, 1.807) is 0 Å². The standard InChI is InChI=1S/C13H22N2/c1-2-3-4-5-8-14-10-11-15-9-6-7-13(15)12-14/h1,13H,3-12H2. The minimum atomic E-state index is 0.867. The molecule has 0 aliphatic carbocycles. The van der Waals surface area contributed by atoms with Gasteiger partial charge in [-0.1, -0.05) is 0 Å². The first-order valence-corrected chi connectivity index (χ1v) is 6.30. The van der Waals surface area contributed by atoms with Crippen molar-refractivity contribution in [2.75, 3.05) is 32.7 Å². The zero-order valence-corrected chi connectivity index (χ0v) is 9.62. The van der Waals surface area contributed by atoms with Crippen LogP contribution >= 0.6 is 0 Å². The minimum Gasteiger partial charge on any atom is -0.301 e. The fourth-order valence-corrected chi connectivity index (χ4v) is 2.82. The van der Waals surface area contributed by atoms with Crippen LogP contribution in [-0.2, 0) is 0 Å². The van der Waals surface area contributed by atoms with Crippen LogP contribution in [0.2, 0.25) is 0 Å². The molecule has 2 rings (SSSR count). The van der Waals surface area contributed by atoms with E-state index in [1.807, 2.05) is 0 Å². The summed E-state index contributed by atoms with van der Waals surface area (Å²) in [5, 5.41) is 0. The van der Waals surface area contributed by atoms with Crippen molar-refractivity contribution in [3.8, 4) is 12.3 Å². The highest BCUT2D eigenvalue weighted by atomic mass is 15.3. The molecule has 2 heteroatoms. The first-order chi connectivity index (χ1) is 7.40. The van der Waals surface area contributed by atoms with Gasteiger partial charge < -0.3 is 4.90 Å². The molecule has 1 atom stereocenters. The van der Waals surface area contributed by atoms with E-state index in [0.717, 1.165) is 12.5 Å². The van der Waals surface area contributed by atoms with Gasteiger partial charge in [0.05, 0.1) is 0 Å². The number of terminal acetylenes is 1. The second-order valence-corrected chi connectivity index (χ2v) is 4.79. The summed E-state index contributed by atoms with van der Waals surface area (Å²) in [5.74, 6) is 2.72. The monoisotopic (exact) mass is 206 g/mol. The van der Waals surface area contributed by atoms with Crippen LogP contribution in [-0.4, -0.2) is 48.6 Å². The molecular formula is C13H22N2. The van der Waals surface area contributed by atoms with Crippen molar-refractivity contribution in [3.63, 3.8) is 0 Å². The lowest BCUT2D eigenvalue weighted by Crippen LogP contribution is -2.50. The average molecular weight is 206 g/mol. The largest absolute Gasteiger partial charge is 0.301 e. The number of hydrogen-bond acceptors (Lipinski definition) is 2. The van der Waals surface area contributed by atoms with Crippen molar-refractivity contribution < 1.29 is 0 Å². The summed E-state index contributed by atoms with van der Waals surface area (Å²) in [6, 6.07) is 0.867. The van der Waals surface area contributed by atoms with Gasteiger partial charge in [-0.2, -0.15) is 0 Å². The zero-order valence-electron chi connectivity index (χ0n) is 9.62. The molecule has 0 bridgehead atoms. The molecule has 2 aliphatic heterocycles. The van der Waals surface area contributed by atoms with E-state index in [4.69, 9.17) is 6.42 Å². The molecule has 2 saturated heterocycles. The molecule has 2 aliphatic rings. The Hall–Kier alpha value is -0.520. The third kappa shape index (κ3) is 2.96. The highest BCUT2D eigenvalue weighted by Crippen LogP contribution is 2.21. The molecule has 0 aromatic rings. The maximum Gasteiger partial charge on any atom is 0.0224 e. The molecule has 2 nitrogen and oxygen atoms in total. The summed E-state index contributed by atoms with van der Waals surface area (Å²) in [6.07, 6.45) is 11.5. The van der Waals surface area contributed by atoms with Crippen molar-refractivity contribution in [1.29, 1.82) is 0 Å². The molecular weight excluding hydrogens is 184 g/mol. The minimum absolute atomic E-state index is 0.867. The number of rotatable bonds is 4. The first-order valence-electron chi connectivity index (χ1n) is 6.30. The normalized spacial score (nSPS) is 27.5. The predicted molar refractivity (Wildman–Crippen MR) is 63.7 cm³/mol. The number of fused-ring (bicyclic) bond motifs is 1. The Balaban J connectivity index is 1.65. The third-order valence-corrected chi connectivity index (χ3v) is 3.72. The van der Waals surface area contributed by atoms with Crippen LogP contribution in [0.5, 0.6) is 0 Å². The number of unbranched alkanes of at least 4 members (excludes halogenated alkanes) is 2. The molecule has 1 unspecified atom stereocenters. The van der Waals surface area contributed by atoms with Crippen LogP contribution in [0.1, 0.15) is 32.1 Å². The molecule has 2 fully saturated rings. The molecule has 0 spiro atoms. The summed E-state index contributed by atoms with van der Waals surface area (Å²) in [4.78, 5) is 5.29. The van der Waals surface area contributed by atoms with Gasteiger partial charge in [0.2, 0.25) is 0 Å². The molecule has 15 heavy (non-hydrogen) atoms. The van der Waals surface area contributed by atoms with Crippen LogP contribution < -0.4 is 0 Å².